The van der Waals surface area contributed by atoms with E-state index in [4.69, 9.17) is 4.74 Å². The molecule has 1 atom stereocenters. The molecule has 1 amide bonds. The van der Waals surface area contributed by atoms with Crippen LogP contribution in [0.4, 0.5) is 0 Å². The second kappa shape index (κ2) is 8.63. The van der Waals surface area contributed by atoms with Crippen LogP contribution in [-0.2, 0) is 21.4 Å². The average molecular weight is 433 g/mol. The van der Waals surface area contributed by atoms with E-state index in [1.54, 1.807) is 12.0 Å². The smallest absolute Gasteiger partial charge is 0.295 e. The molecule has 6 heteroatoms. The fourth-order valence-electron chi connectivity index (χ4n) is 4.54. The van der Waals surface area contributed by atoms with Gasteiger partial charge in [-0.2, -0.15) is 0 Å². The SMILES string of the molecule is COCCCN1C(=O)C(=O)/C(=C(/O)c2cc(C)ccc2C)C1c1cn(C)c2ccccc12. The minimum atomic E-state index is -0.669. The quantitative estimate of drug-likeness (QED) is 0.274. The van der Waals surface area contributed by atoms with E-state index >= 15 is 0 Å². The summed E-state index contributed by atoms with van der Waals surface area (Å²) >= 11 is 0. The number of ether oxygens (including phenoxy) is 1. The van der Waals surface area contributed by atoms with Crippen LogP contribution in [0.3, 0.4) is 0 Å². The molecule has 4 rings (SSSR count). The molecule has 1 unspecified atom stereocenters. The lowest BCUT2D eigenvalue weighted by atomic mass is 9.93. The standard InChI is InChI=1S/C26H28N2O4/c1-16-10-11-17(2)19(14-16)24(29)22-23(28(12-7-13-32-4)26(31)25(22)30)20-15-27(3)21-9-6-5-8-18(20)21/h5-6,8-11,14-15,23,29H,7,12-13H2,1-4H3/b24-22+. The van der Waals surface area contributed by atoms with Crippen LogP contribution < -0.4 is 0 Å². The zero-order valence-corrected chi connectivity index (χ0v) is 18.9. The molecule has 2 aromatic carbocycles. The lowest BCUT2D eigenvalue weighted by molar-refractivity contribution is -0.140. The van der Waals surface area contributed by atoms with Gasteiger partial charge >= 0.3 is 0 Å². The Bertz CT molecular complexity index is 1240. The number of benzene rings is 2. The second-order valence-electron chi connectivity index (χ2n) is 8.37. The van der Waals surface area contributed by atoms with E-state index in [2.05, 4.69) is 0 Å². The van der Waals surface area contributed by atoms with E-state index < -0.39 is 17.7 Å². The number of aromatic nitrogens is 1. The number of ketones is 1. The second-order valence-corrected chi connectivity index (χ2v) is 8.37. The van der Waals surface area contributed by atoms with Gasteiger partial charge in [-0.1, -0.05) is 35.9 Å². The van der Waals surface area contributed by atoms with Crippen LogP contribution in [0.1, 0.15) is 34.7 Å². The van der Waals surface area contributed by atoms with Crippen molar-refractivity contribution in [1.82, 2.24) is 9.47 Å². The van der Waals surface area contributed by atoms with Gasteiger partial charge in [-0.3, -0.25) is 9.59 Å². The van der Waals surface area contributed by atoms with Crippen LogP contribution >= 0.6 is 0 Å². The number of carbonyl (C=O) groups excluding carboxylic acids is 2. The van der Waals surface area contributed by atoms with Crippen molar-refractivity contribution in [2.24, 2.45) is 7.05 Å². The number of rotatable bonds is 6. The van der Waals surface area contributed by atoms with Gasteiger partial charge in [-0.05, 0) is 38.0 Å². The number of fused-ring (bicyclic) bond motifs is 1. The predicted octanol–water partition coefficient (Wildman–Crippen LogP) is 4.25. The van der Waals surface area contributed by atoms with Crippen molar-refractivity contribution in [3.63, 3.8) is 0 Å². The third-order valence-electron chi connectivity index (χ3n) is 6.16. The van der Waals surface area contributed by atoms with E-state index in [1.807, 2.05) is 74.1 Å². The number of amides is 1. The van der Waals surface area contributed by atoms with Crippen LogP contribution in [0.2, 0.25) is 0 Å². The van der Waals surface area contributed by atoms with Gasteiger partial charge in [0.25, 0.3) is 11.7 Å². The maximum absolute atomic E-state index is 13.2. The first kappa shape index (κ1) is 21.8. The lowest BCUT2D eigenvalue weighted by Gasteiger charge is -2.25. The number of Topliss-reactive ketones (excluding diaryl/α,β-unsaturated/α-hetero) is 1. The molecule has 0 saturated carbocycles. The van der Waals surface area contributed by atoms with E-state index in [-0.39, 0.29) is 11.3 Å². The van der Waals surface area contributed by atoms with Crippen LogP contribution in [0.15, 0.2) is 54.2 Å². The maximum Gasteiger partial charge on any atom is 0.295 e. The fraction of sp³-hybridized carbons (Fsp3) is 0.308. The van der Waals surface area contributed by atoms with Crippen molar-refractivity contribution in [2.45, 2.75) is 26.3 Å². The van der Waals surface area contributed by atoms with Gasteiger partial charge in [0.1, 0.15) is 5.76 Å². The summed E-state index contributed by atoms with van der Waals surface area (Å²) in [6.07, 6.45) is 2.54. The highest BCUT2D eigenvalue weighted by Gasteiger charge is 2.46. The number of aliphatic hydroxyl groups excluding tert-OH is 1. The van der Waals surface area contributed by atoms with E-state index in [0.29, 0.717) is 25.1 Å². The molecular weight excluding hydrogens is 404 g/mol. The Labute approximate surface area is 187 Å². The van der Waals surface area contributed by atoms with Gasteiger partial charge in [0.15, 0.2) is 0 Å². The monoisotopic (exact) mass is 432 g/mol. The van der Waals surface area contributed by atoms with Gasteiger partial charge in [-0.15, -0.1) is 0 Å². The highest BCUT2D eigenvalue weighted by molar-refractivity contribution is 6.46. The predicted molar refractivity (Wildman–Crippen MR) is 124 cm³/mol. The zero-order chi connectivity index (χ0) is 23.0. The van der Waals surface area contributed by atoms with Gasteiger partial charge in [0.05, 0.1) is 11.6 Å². The van der Waals surface area contributed by atoms with Crippen LogP contribution in [0.25, 0.3) is 16.7 Å². The Morgan fingerprint density at radius 3 is 2.62 bits per heavy atom. The molecule has 3 aromatic rings. The lowest BCUT2D eigenvalue weighted by Crippen LogP contribution is -2.31. The zero-order valence-electron chi connectivity index (χ0n) is 18.9. The van der Waals surface area contributed by atoms with Gasteiger partial charge in [0.2, 0.25) is 0 Å². The summed E-state index contributed by atoms with van der Waals surface area (Å²) in [6, 6.07) is 12.9. The summed E-state index contributed by atoms with van der Waals surface area (Å²) in [7, 11) is 3.55. The topological polar surface area (TPSA) is 71.8 Å². The number of hydrogen-bond donors (Lipinski definition) is 1. The maximum atomic E-state index is 13.2. The minimum Gasteiger partial charge on any atom is -0.507 e. The van der Waals surface area contributed by atoms with Crippen LogP contribution in [0, 0.1) is 13.8 Å². The van der Waals surface area contributed by atoms with Crippen molar-refractivity contribution in [3.8, 4) is 0 Å². The number of aliphatic hydroxyl groups is 1. The fourth-order valence-corrected chi connectivity index (χ4v) is 4.54. The summed E-state index contributed by atoms with van der Waals surface area (Å²) < 4.78 is 7.15. The van der Waals surface area contributed by atoms with Crippen LogP contribution in [-0.4, -0.2) is 46.5 Å². The summed E-state index contributed by atoms with van der Waals surface area (Å²) in [6.45, 7) is 4.65. The molecule has 1 saturated heterocycles. The van der Waals surface area contributed by atoms with Crippen LogP contribution in [0.5, 0.6) is 0 Å². The summed E-state index contributed by atoms with van der Waals surface area (Å²) in [5.74, 6) is -1.37. The summed E-state index contributed by atoms with van der Waals surface area (Å²) in [5, 5.41) is 12.3. The number of nitrogens with zero attached hydrogens (tertiary/aromatic N) is 2. The minimum absolute atomic E-state index is 0.128. The average Bonchev–Trinajstić information content (AvgIpc) is 3.24. The first-order chi connectivity index (χ1) is 15.3. The number of hydrogen-bond acceptors (Lipinski definition) is 4. The van der Waals surface area contributed by atoms with Gasteiger partial charge < -0.3 is 19.3 Å². The first-order valence-electron chi connectivity index (χ1n) is 10.7. The molecule has 166 valence electrons. The number of likely N-dealkylation sites (tertiary alicyclic amines) is 1. The molecule has 1 N–H and O–H groups in total. The van der Waals surface area contributed by atoms with Crippen molar-refractivity contribution < 1.29 is 19.4 Å². The molecule has 0 aliphatic carbocycles. The Morgan fingerprint density at radius 2 is 1.88 bits per heavy atom. The number of aryl methyl sites for hydroxylation is 3. The molecule has 1 fully saturated rings. The highest BCUT2D eigenvalue weighted by atomic mass is 16.5. The molecule has 1 aromatic heterocycles. The Morgan fingerprint density at radius 1 is 1.12 bits per heavy atom. The summed E-state index contributed by atoms with van der Waals surface area (Å²) in [5.41, 5.74) is 4.34. The molecule has 2 heterocycles. The normalized spacial score (nSPS) is 18.1. The van der Waals surface area contributed by atoms with Crippen molar-refractivity contribution in [1.29, 1.82) is 0 Å². The number of methoxy groups -OCH3 is 1. The molecule has 1 aliphatic heterocycles. The summed E-state index contributed by atoms with van der Waals surface area (Å²) in [4.78, 5) is 27.9. The van der Waals surface area contributed by atoms with E-state index in [1.165, 1.54) is 0 Å². The van der Waals surface area contributed by atoms with Crippen molar-refractivity contribution in [3.05, 3.63) is 76.5 Å². The molecule has 1 aliphatic rings. The van der Waals surface area contributed by atoms with E-state index in [9.17, 15) is 14.7 Å². The third-order valence-corrected chi connectivity index (χ3v) is 6.16. The Kier molecular flexibility index (Phi) is 5.89. The Balaban J connectivity index is 1.95. The number of carbonyl (C=O) groups is 2. The third kappa shape index (κ3) is 3.60. The molecule has 6 nitrogen and oxygen atoms in total. The number of para-hydroxylation sites is 1. The molecule has 0 bridgehead atoms. The molecular formula is C26H28N2O4. The Hall–Kier alpha value is -3.38. The highest BCUT2D eigenvalue weighted by Crippen LogP contribution is 2.42. The van der Waals surface area contributed by atoms with Gasteiger partial charge in [-0.25, -0.2) is 0 Å². The van der Waals surface area contributed by atoms with Gasteiger partial charge in [0, 0.05) is 55.5 Å². The first-order valence-corrected chi connectivity index (χ1v) is 10.7. The van der Waals surface area contributed by atoms with E-state index in [0.717, 1.165) is 27.6 Å². The largest absolute Gasteiger partial charge is 0.507 e. The van der Waals surface area contributed by atoms with Crippen molar-refractivity contribution in [2.75, 3.05) is 20.3 Å². The molecule has 0 radical (unpaired) electrons. The molecule has 0 spiro atoms. The molecule has 32 heavy (non-hydrogen) atoms. The van der Waals surface area contributed by atoms with Crippen molar-refractivity contribution >= 4 is 28.4 Å².